The van der Waals surface area contributed by atoms with E-state index >= 15 is 0 Å². The highest BCUT2D eigenvalue weighted by molar-refractivity contribution is 6.31. The van der Waals surface area contributed by atoms with Gasteiger partial charge in [-0.25, -0.2) is 14.6 Å². The van der Waals surface area contributed by atoms with Crippen LogP contribution in [-0.2, 0) is 13.5 Å². The summed E-state index contributed by atoms with van der Waals surface area (Å²) in [6.07, 6.45) is -2.82. The molecule has 33 heavy (non-hydrogen) atoms. The molecule has 1 aromatic carbocycles. The SMILES string of the molecule is Cc1nn(-c2cc(Cc3nn(C)c(-c4ccc(OC(F)(F)F)cc4)c3C)ncn2)c(C)c1Cl. The fourth-order valence-electron chi connectivity index (χ4n) is 3.69. The molecule has 0 fully saturated rings. The van der Waals surface area contributed by atoms with Crippen molar-refractivity contribution < 1.29 is 17.9 Å². The minimum absolute atomic E-state index is 0.274. The molecule has 0 saturated carbocycles. The van der Waals surface area contributed by atoms with Crippen molar-refractivity contribution in [2.75, 3.05) is 0 Å². The van der Waals surface area contributed by atoms with Crippen molar-refractivity contribution in [3.8, 4) is 22.8 Å². The molecule has 11 heteroatoms. The van der Waals surface area contributed by atoms with E-state index in [1.54, 1.807) is 28.5 Å². The van der Waals surface area contributed by atoms with Crippen molar-refractivity contribution >= 4 is 11.6 Å². The van der Waals surface area contributed by atoms with Gasteiger partial charge >= 0.3 is 6.36 Å². The molecule has 0 N–H and O–H groups in total. The molecule has 0 spiro atoms. The van der Waals surface area contributed by atoms with E-state index in [1.165, 1.54) is 18.5 Å². The molecule has 0 unspecified atom stereocenters. The Labute approximate surface area is 192 Å². The smallest absolute Gasteiger partial charge is 0.406 e. The minimum atomic E-state index is -4.73. The minimum Gasteiger partial charge on any atom is -0.406 e. The Balaban J connectivity index is 1.61. The molecule has 0 amide bonds. The number of alkyl halides is 3. The van der Waals surface area contributed by atoms with Crippen molar-refractivity contribution in [3.05, 3.63) is 70.0 Å². The average molecular weight is 477 g/mol. The number of rotatable bonds is 5. The molecule has 0 aliphatic rings. The van der Waals surface area contributed by atoms with E-state index in [1.807, 2.05) is 26.8 Å². The summed E-state index contributed by atoms with van der Waals surface area (Å²) in [4.78, 5) is 8.67. The predicted molar refractivity (Wildman–Crippen MR) is 117 cm³/mol. The van der Waals surface area contributed by atoms with Gasteiger partial charge in [0.25, 0.3) is 0 Å². The standard InChI is InChI=1S/C22H20ClF3N6O/c1-12-18(9-16-10-19(28-11-27-16)32-14(3)20(23)13(2)29-32)30-31(4)21(12)15-5-7-17(8-6-15)33-22(24,25)26/h5-8,10-11H,9H2,1-4H3. The van der Waals surface area contributed by atoms with Crippen LogP contribution in [0.3, 0.4) is 0 Å². The maximum atomic E-state index is 12.4. The summed E-state index contributed by atoms with van der Waals surface area (Å²) in [5.74, 6) is 0.325. The normalized spacial score (nSPS) is 11.8. The van der Waals surface area contributed by atoms with E-state index in [0.717, 1.165) is 33.9 Å². The first-order valence-corrected chi connectivity index (χ1v) is 10.3. The zero-order chi connectivity index (χ0) is 23.9. The van der Waals surface area contributed by atoms with Crippen molar-refractivity contribution in [1.82, 2.24) is 29.5 Å². The van der Waals surface area contributed by atoms with Crippen LogP contribution in [0.1, 0.15) is 28.3 Å². The topological polar surface area (TPSA) is 70.7 Å². The summed E-state index contributed by atoms with van der Waals surface area (Å²) in [7, 11) is 1.79. The molecule has 0 saturated heterocycles. The van der Waals surface area contributed by atoms with Crippen LogP contribution in [-0.4, -0.2) is 35.9 Å². The van der Waals surface area contributed by atoms with Crippen LogP contribution in [0.15, 0.2) is 36.7 Å². The van der Waals surface area contributed by atoms with Crippen LogP contribution >= 0.6 is 11.6 Å². The molecule has 3 aromatic heterocycles. The number of aryl methyl sites for hydroxylation is 2. The second-order valence-corrected chi connectivity index (χ2v) is 7.93. The molecule has 0 aliphatic heterocycles. The zero-order valence-corrected chi connectivity index (χ0v) is 19.0. The van der Waals surface area contributed by atoms with Gasteiger partial charge in [0, 0.05) is 25.1 Å². The van der Waals surface area contributed by atoms with Gasteiger partial charge in [-0.2, -0.15) is 10.2 Å². The lowest BCUT2D eigenvalue weighted by Gasteiger charge is -2.10. The van der Waals surface area contributed by atoms with Gasteiger partial charge in [0.1, 0.15) is 12.1 Å². The zero-order valence-electron chi connectivity index (χ0n) is 18.3. The van der Waals surface area contributed by atoms with E-state index in [9.17, 15) is 13.2 Å². The molecular weight excluding hydrogens is 457 g/mol. The fourth-order valence-corrected chi connectivity index (χ4v) is 3.81. The van der Waals surface area contributed by atoms with Crippen LogP contribution in [0.5, 0.6) is 5.75 Å². The van der Waals surface area contributed by atoms with Gasteiger partial charge < -0.3 is 4.74 Å². The maximum absolute atomic E-state index is 12.4. The molecule has 0 atom stereocenters. The van der Waals surface area contributed by atoms with Crippen LogP contribution in [0.4, 0.5) is 13.2 Å². The summed E-state index contributed by atoms with van der Waals surface area (Å²) >= 11 is 6.26. The number of halogens is 4. The van der Waals surface area contributed by atoms with E-state index < -0.39 is 6.36 Å². The second kappa shape index (κ2) is 8.51. The lowest BCUT2D eigenvalue weighted by atomic mass is 10.0. The van der Waals surface area contributed by atoms with E-state index in [4.69, 9.17) is 11.6 Å². The van der Waals surface area contributed by atoms with Crippen LogP contribution in [0, 0.1) is 20.8 Å². The first kappa shape index (κ1) is 22.8. The lowest BCUT2D eigenvalue weighted by molar-refractivity contribution is -0.274. The summed E-state index contributed by atoms with van der Waals surface area (Å²) in [5, 5.41) is 9.62. The van der Waals surface area contributed by atoms with Crippen molar-refractivity contribution in [2.45, 2.75) is 33.6 Å². The summed E-state index contributed by atoms with van der Waals surface area (Å²) in [6, 6.07) is 7.54. The van der Waals surface area contributed by atoms with Crippen molar-refractivity contribution in [2.24, 2.45) is 7.05 Å². The lowest BCUT2D eigenvalue weighted by Crippen LogP contribution is -2.16. The Morgan fingerprint density at radius 3 is 2.33 bits per heavy atom. The van der Waals surface area contributed by atoms with Gasteiger partial charge in [0.05, 0.1) is 33.5 Å². The molecule has 0 aliphatic carbocycles. The number of nitrogens with zero attached hydrogens (tertiary/aromatic N) is 6. The van der Waals surface area contributed by atoms with Crippen molar-refractivity contribution in [1.29, 1.82) is 0 Å². The average Bonchev–Trinajstić information content (AvgIpc) is 3.17. The largest absolute Gasteiger partial charge is 0.573 e. The van der Waals surface area contributed by atoms with Crippen molar-refractivity contribution in [3.63, 3.8) is 0 Å². The first-order valence-electron chi connectivity index (χ1n) is 9.95. The Hall–Kier alpha value is -3.40. The molecule has 4 rings (SSSR count). The molecule has 0 bridgehead atoms. The van der Waals surface area contributed by atoms with E-state index in [0.29, 0.717) is 23.0 Å². The van der Waals surface area contributed by atoms with Gasteiger partial charge in [-0.1, -0.05) is 11.6 Å². The molecular formula is C22H20ClF3N6O. The summed E-state index contributed by atoms with van der Waals surface area (Å²) < 4.78 is 44.6. The molecule has 4 aromatic rings. The molecule has 0 radical (unpaired) electrons. The highest BCUT2D eigenvalue weighted by Crippen LogP contribution is 2.30. The maximum Gasteiger partial charge on any atom is 0.573 e. The van der Waals surface area contributed by atoms with E-state index in [2.05, 4.69) is 24.9 Å². The monoisotopic (exact) mass is 476 g/mol. The van der Waals surface area contributed by atoms with Crippen LogP contribution < -0.4 is 4.74 Å². The third kappa shape index (κ3) is 4.70. The summed E-state index contributed by atoms with van der Waals surface area (Å²) in [5.41, 5.74) is 5.45. The van der Waals surface area contributed by atoms with Gasteiger partial charge in [-0.05, 0) is 50.6 Å². The number of benzene rings is 1. The Kier molecular flexibility index (Phi) is 5.87. The Morgan fingerprint density at radius 2 is 1.73 bits per heavy atom. The predicted octanol–water partition coefficient (Wildman–Crippen LogP) is 5.13. The molecule has 3 heterocycles. The number of aromatic nitrogens is 6. The summed E-state index contributed by atoms with van der Waals surface area (Å²) in [6.45, 7) is 5.61. The number of hydrogen-bond acceptors (Lipinski definition) is 5. The van der Waals surface area contributed by atoms with Crippen LogP contribution in [0.2, 0.25) is 5.02 Å². The molecule has 172 valence electrons. The van der Waals surface area contributed by atoms with Gasteiger partial charge in [-0.3, -0.25) is 4.68 Å². The van der Waals surface area contributed by atoms with Gasteiger partial charge in [-0.15, -0.1) is 13.2 Å². The fraction of sp³-hybridized carbons (Fsp3) is 0.273. The van der Waals surface area contributed by atoms with Gasteiger partial charge in [0.15, 0.2) is 5.82 Å². The van der Waals surface area contributed by atoms with E-state index in [-0.39, 0.29) is 5.75 Å². The first-order chi connectivity index (χ1) is 15.5. The number of hydrogen-bond donors (Lipinski definition) is 0. The third-order valence-corrected chi connectivity index (χ3v) is 5.77. The molecule has 7 nitrogen and oxygen atoms in total. The highest BCUT2D eigenvalue weighted by atomic mass is 35.5. The number of ether oxygens (including phenoxy) is 1. The second-order valence-electron chi connectivity index (χ2n) is 7.56. The van der Waals surface area contributed by atoms with Crippen LogP contribution in [0.25, 0.3) is 17.1 Å². The Bertz CT molecular complexity index is 1310. The third-order valence-electron chi connectivity index (χ3n) is 5.22. The highest BCUT2D eigenvalue weighted by Gasteiger charge is 2.31. The quantitative estimate of drug-likeness (QED) is 0.399. The Morgan fingerprint density at radius 1 is 1.03 bits per heavy atom. The van der Waals surface area contributed by atoms with Gasteiger partial charge in [0.2, 0.25) is 0 Å².